The third-order valence-electron chi connectivity index (χ3n) is 1.85. The van der Waals surface area contributed by atoms with Crippen molar-refractivity contribution in [2.45, 2.75) is 39.3 Å². The topological polar surface area (TPSA) is 72.2 Å². The van der Waals surface area contributed by atoms with E-state index in [1.807, 2.05) is 13.8 Å². The fraction of sp³-hybridized carbons (Fsp3) is 0.778. The Bertz CT molecular complexity index is 219. The molecule has 0 spiro atoms. The number of nitrogens with two attached hydrogens (primary N) is 1. The molecule has 4 nitrogen and oxygen atoms in total. The van der Waals surface area contributed by atoms with Gasteiger partial charge in [0.05, 0.1) is 0 Å². The fourth-order valence-electron chi connectivity index (χ4n) is 1.01. The Labute approximate surface area is 93.5 Å². The second kappa shape index (κ2) is 6.20. The summed E-state index contributed by atoms with van der Waals surface area (Å²) in [7, 11) is 0. The van der Waals surface area contributed by atoms with Gasteiger partial charge in [-0.1, -0.05) is 0 Å². The molecule has 1 unspecified atom stereocenters. The Hall–Kier alpha value is -0.342. The van der Waals surface area contributed by atoms with Crippen molar-refractivity contribution in [2.75, 3.05) is 0 Å². The minimum atomic E-state index is -0.510. The summed E-state index contributed by atoms with van der Waals surface area (Å²) in [5.74, 6) is 0.143. The summed E-state index contributed by atoms with van der Waals surface area (Å²) in [6, 6.07) is -0.926. The second-order valence-corrected chi connectivity index (χ2v) is 5.06. The Balaban J connectivity index is 4.01. The van der Waals surface area contributed by atoms with Gasteiger partial charge in [-0.25, -0.2) is 0 Å². The van der Waals surface area contributed by atoms with Crippen molar-refractivity contribution >= 4 is 27.3 Å². The number of nitrogens with one attached hydrogen (secondary N) is 1. The fourth-order valence-corrected chi connectivity index (χ4v) is 1.18. The summed E-state index contributed by atoms with van der Waals surface area (Å²) in [4.78, 5) is 22.3. The minimum absolute atomic E-state index is 0.00240. The second-order valence-electron chi connectivity index (χ2n) is 3.87. The molecule has 82 valence electrons. The summed E-state index contributed by atoms with van der Waals surface area (Å²) in [6.07, 6.45) is 0.640. The normalized spacial score (nSPS) is 15.0. The molecule has 3 N–H and O–H groups in total. The molecule has 0 radical (unpaired) electrons. The van der Waals surface area contributed by atoms with Crippen LogP contribution in [0.1, 0.15) is 27.2 Å². The van der Waals surface area contributed by atoms with Crippen LogP contribution >= 0.6 is 0 Å². The zero-order chi connectivity index (χ0) is 11.3. The van der Waals surface area contributed by atoms with E-state index in [0.717, 1.165) is 16.9 Å². The number of hydrogen-bond acceptors (Lipinski definition) is 3. The molecule has 0 bridgehead atoms. The van der Waals surface area contributed by atoms with Crippen LogP contribution in [0.25, 0.3) is 0 Å². The molecule has 0 rings (SSSR count). The van der Waals surface area contributed by atoms with Gasteiger partial charge in [0, 0.05) is 0 Å². The Kier molecular flexibility index (Phi) is 6.05. The number of carbonyl (C=O) groups is 2. The number of carbonyl (C=O) groups excluding carboxylic acids is 2. The summed E-state index contributed by atoms with van der Waals surface area (Å²) in [5, 5.41) is 2.59. The molecule has 5 heteroatoms. The van der Waals surface area contributed by atoms with Gasteiger partial charge in [-0.3, -0.25) is 0 Å². The van der Waals surface area contributed by atoms with E-state index in [2.05, 4.69) is 5.32 Å². The monoisotopic (exact) mass is 262 g/mol. The Morgan fingerprint density at radius 2 is 1.86 bits per heavy atom. The van der Waals surface area contributed by atoms with E-state index in [9.17, 15) is 9.59 Å². The molecule has 0 fully saturated rings. The molecule has 0 aromatic carbocycles. The van der Waals surface area contributed by atoms with Crippen molar-refractivity contribution in [1.82, 2.24) is 5.32 Å². The van der Waals surface area contributed by atoms with E-state index in [0.29, 0.717) is 12.3 Å². The first-order valence-corrected chi connectivity index (χ1v) is 5.91. The van der Waals surface area contributed by atoms with Crippen LogP contribution in [0.4, 0.5) is 0 Å². The predicted molar refractivity (Wildman–Crippen MR) is 58.6 cm³/mol. The molecule has 0 heterocycles. The quantitative estimate of drug-likeness (QED) is 0.626. The first-order chi connectivity index (χ1) is 6.34. The summed E-state index contributed by atoms with van der Waals surface area (Å²) < 4.78 is 0.00240. The van der Waals surface area contributed by atoms with Crippen LogP contribution in [-0.2, 0) is 9.59 Å². The zero-order valence-corrected chi connectivity index (χ0v) is 11.3. The summed E-state index contributed by atoms with van der Waals surface area (Å²) in [6.45, 7) is 5.68. The first kappa shape index (κ1) is 13.7. The third kappa shape index (κ3) is 5.40. The van der Waals surface area contributed by atoms with Crippen molar-refractivity contribution in [2.24, 2.45) is 11.7 Å². The van der Waals surface area contributed by atoms with Crippen molar-refractivity contribution in [3.05, 3.63) is 0 Å². The molecule has 1 amide bonds. The van der Waals surface area contributed by atoms with Gasteiger partial charge in [0.25, 0.3) is 0 Å². The van der Waals surface area contributed by atoms with Crippen LogP contribution in [0, 0.1) is 5.92 Å². The van der Waals surface area contributed by atoms with Gasteiger partial charge < -0.3 is 0 Å². The van der Waals surface area contributed by atoms with E-state index in [4.69, 9.17) is 5.73 Å². The summed E-state index contributed by atoms with van der Waals surface area (Å²) >= 11 is 1.000. The van der Waals surface area contributed by atoms with E-state index >= 15 is 0 Å². The van der Waals surface area contributed by atoms with Crippen LogP contribution in [0.2, 0.25) is 0 Å². The van der Waals surface area contributed by atoms with E-state index < -0.39 is 12.1 Å². The molecule has 0 aromatic rings. The maximum atomic E-state index is 11.4. The number of rotatable bonds is 5. The molecule has 0 aliphatic rings. The SMILES string of the molecule is CC(C)C[C@H](N)C(=O)N[C@@H](C)C(=O)[AsH2]. The third-order valence-corrected chi connectivity index (χ3v) is 2.90. The molecule has 14 heavy (non-hydrogen) atoms. The average Bonchev–Trinajstić information content (AvgIpc) is 2.02. The predicted octanol–water partition coefficient (Wildman–Crippen LogP) is -0.976. The van der Waals surface area contributed by atoms with E-state index in [1.165, 1.54) is 0 Å². The zero-order valence-electron chi connectivity index (χ0n) is 8.91. The number of amides is 1. The summed E-state index contributed by atoms with van der Waals surface area (Å²) in [5.41, 5.74) is 5.65. The van der Waals surface area contributed by atoms with Gasteiger partial charge >= 0.3 is 93.2 Å². The molecule has 0 aliphatic carbocycles. The standard InChI is InChI=1S/C9H19AsN2O2/c1-5(2)4-7(11)9(14)12-6(3)8(10)13/h5-7H,4,10-11H2,1-3H3,(H,12,14)/t6-,7-/m0/s1. The van der Waals surface area contributed by atoms with E-state index in [-0.39, 0.29) is 10.5 Å². The van der Waals surface area contributed by atoms with Crippen LogP contribution in [0.5, 0.6) is 0 Å². The van der Waals surface area contributed by atoms with Gasteiger partial charge in [0.2, 0.25) is 0 Å². The van der Waals surface area contributed by atoms with Crippen molar-refractivity contribution in [1.29, 1.82) is 0 Å². The molecular weight excluding hydrogens is 243 g/mol. The van der Waals surface area contributed by atoms with Gasteiger partial charge in [-0.15, -0.1) is 0 Å². The van der Waals surface area contributed by atoms with Crippen LogP contribution < -0.4 is 11.1 Å². The maximum absolute atomic E-state index is 11.4. The Morgan fingerprint density at radius 1 is 1.36 bits per heavy atom. The molecule has 0 aromatic heterocycles. The average molecular weight is 262 g/mol. The molecule has 0 aliphatic heterocycles. The van der Waals surface area contributed by atoms with Crippen LogP contribution in [0.15, 0.2) is 0 Å². The van der Waals surface area contributed by atoms with E-state index in [1.54, 1.807) is 6.92 Å². The van der Waals surface area contributed by atoms with Crippen LogP contribution in [-0.4, -0.2) is 39.4 Å². The first-order valence-electron chi connectivity index (χ1n) is 4.69. The van der Waals surface area contributed by atoms with Crippen molar-refractivity contribution in [3.63, 3.8) is 0 Å². The van der Waals surface area contributed by atoms with Crippen molar-refractivity contribution in [3.8, 4) is 0 Å². The molecule has 0 saturated carbocycles. The van der Waals surface area contributed by atoms with Gasteiger partial charge in [0.15, 0.2) is 0 Å². The van der Waals surface area contributed by atoms with Gasteiger partial charge in [0.1, 0.15) is 0 Å². The van der Waals surface area contributed by atoms with Gasteiger partial charge in [-0.2, -0.15) is 0 Å². The van der Waals surface area contributed by atoms with Crippen molar-refractivity contribution < 1.29 is 9.59 Å². The molecular formula is C9H19AsN2O2. The number of hydrogen-bond donors (Lipinski definition) is 2. The van der Waals surface area contributed by atoms with Crippen LogP contribution in [0.3, 0.4) is 0 Å². The Morgan fingerprint density at radius 3 is 2.21 bits per heavy atom. The van der Waals surface area contributed by atoms with Gasteiger partial charge in [-0.05, 0) is 0 Å². The molecule has 3 atom stereocenters. The molecule has 0 saturated heterocycles.